The predicted molar refractivity (Wildman–Crippen MR) is 55.1 cm³/mol. The lowest BCUT2D eigenvalue weighted by atomic mass is 10.2. The van der Waals surface area contributed by atoms with E-state index in [0.29, 0.717) is 5.75 Å². The lowest BCUT2D eigenvalue weighted by Crippen LogP contribution is -1.89. The fourth-order valence-corrected chi connectivity index (χ4v) is 1.20. The SMILES string of the molecule is COc1ccc(N=C=O)c(OC)c1N=C=O. The monoisotopic (exact) mass is 220 g/mol. The van der Waals surface area contributed by atoms with Gasteiger partial charge in [0, 0.05) is 0 Å². The number of hydrogen-bond acceptors (Lipinski definition) is 6. The van der Waals surface area contributed by atoms with Crippen molar-refractivity contribution in [2.24, 2.45) is 9.98 Å². The van der Waals surface area contributed by atoms with E-state index in [0.717, 1.165) is 0 Å². The maximum atomic E-state index is 10.3. The first kappa shape index (κ1) is 11.7. The highest BCUT2D eigenvalue weighted by atomic mass is 16.5. The van der Waals surface area contributed by atoms with Crippen molar-refractivity contribution >= 4 is 23.5 Å². The summed E-state index contributed by atoms with van der Waals surface area (Å²) in [4.78, 5) is 27.3. The lowest BCUT2D eigenvalue weighted by molar-refractivity contribution is 0.397. The molecule has 6 nitrogen and oxygen atoms in total. The molecule has 82 valence electrons. The Morgan fingerprint density at radius 2 is 1.75 bits per heavy atom. The second kappa shape index (κ2) is 5.46. The number of nitrogens with zero attached hydrogens (tertiary/aromatic N) is 2. The Kier molecular flexibility index (Phi) is 3.98. The average molecular weight is 220 g/mol. The minimum Gasteiger partial charge on any atom is -0.494 e. The number of rotatable bonds is 4. The van der Waals surface area contributed by atoms with Gasteiger partial charge in [-0.05, 0) is 12.1 Å². The third kappa shape index (κ3) is 2.15. The number of benzene rings is 1. The van der Waals surface area contributed by atoms with Gasteiger partial charge in [-0.15, -0.1) is 0 Å². The van der Waals surface area contributed by atoms with Gasteiger partial charge < -0.3 is 9.47 Å². The number of ether oxygens (including phenoxy) is 2. The molecule has 0 N–H and O–H groups in total. The van der Waals surface area contributed by atoms with Crippen LogP contribution in [0.25, 0.3) is 0 Å². The fraction of sp³-hybridized carbons (Fsp3) is 0.200. The third-order valence-electron chi connectivity index (χ3n) is 1.82. The zero-order valence-electron chi connectivity index (χ0n) is 8.68. The molecule has 0 amide bonds. The Morgan fingerprint density at radius 3 is 2.25 bits per heavy atom. The zero-order valence-corrected chi connectivity index (χ0v) is 8.68. The van der Waals surface area contributed by atoms with Gasteiger partial charge in [0.15, 0.2) is 11.4 Å². The fourth-order valence-electron chi connectivity index (χ4n) is 1.20. The van der Waals surface area contributed by atoms with Crippen molar-refractivity contribution in [1.29, 1.82) is 0 Å². The summed E-state index contributed by atoms with van der Waals surface area (Å²) >= 11 is 0. The number of carbonyl (C=O) groups excluding carboxylic acids is 2. The molecule has 1 rings (SSSR count). The van der Waals surface area contributed by atoms with Crippen LogP contribution >= 0.6 is 0 Å². The van der Waals surface area contributed by atoms with Crippen LogP contribution in [0.5, 0.6) is 11.5 Å². The quantitative estimate of drug-likeness (QED) is 0.570. The van der Waals surface area contributed by atoms with Gasteiger partial charge in [0.2, 0.25) is 12.2 Å². The molecule has 0 unspecified atom stereocenters. The summed E-state index contributed by atoms with van der Waals surface area (Å²) < 4.78 is 9.98. The molecule has 0 saturated carbocycles. The largest absolute Gasteiger partial charge is 0.494 e. The van der Waals surface area contributed by atoms with Crippen LogP contribution in [0.2, 0.25) is 0 Å². The minimum atomic E-state index is 0.136. The molecule has 0 aliphatic rings. The van der Waals surface area contributed by atoms with Crippen molar-refractivity contribution in [3.05, 3.63) is 12.1 Å². The third-order valence-corrected chi connectivity index (χ3v) is 1.82. The van der Waals surface area contributed by atoms with E-state index < -0.39 is 0 Å². The van der Waals surface area contributed by atoms with Crippen LogP contribution in [-0.2, 0) is 9.59 Å². The van der Waals surface area contributed by atoms with Crippen molar-refractivity contribution in [1.82, 2.24) is 0 Å². The molecule has 1 aromatic rings. The highest BCUT2D eigenvalue weighted by Gasteiger charge is 2.14. The molecule has 16 heavy (non-hydrogen) atoms. The van der Waals surface area contributed by atoms with Gasteiger partial charge in [0.05, 0.1) is 14.2 Å². The van der Waals surface area contributed by atoms with Crippen LogP contribution in [0.15, 0.2) is 22.1 Å². The van der Waals surface area contributed by atoms with Gasteiger partial charge in [-0.1, -0.05) is 0 Å². The first-order chi connectivity index (χ1) is 7.78. The van der Waals surface area contributed by atoms with Gasteiger partial charge in [-0.25, -0.2) is 9.59 Å². The van der Waals surface area contributed by atoms with Crippen LogP contribution in [0.1, 0.15) is 0 Å². The highest BCUT2D eigenvalue weighted by molar-refractivity contribution is 5.75. The lowest BCUT2D eigenvalue weighted by Gasteiger charge is -2.09. The number of hydrogen-bond donors (Lipinski definition) is 0. The second-order valence-electron chi connectivity index (χ2n) is 2.57. The Morgan fingerprint density at radius 1 is 1.06 bits per heavy atom. The van der Waals surface area contributed by atoms with Crippen molar-refractivity contribution in [3.63, 3.8) is 0 Å². The highest BCUT2D eigenvalue weighted by Crippen LogP contribution is 2.43. The number of aliphatic imine (C=N–C) groups is 2. The van der Waals surface area contributed by atoms with Crippen LogP contribution in [-0.4, -0.2) is 26.4 Å². The van der Waals surface area contributed by atoms with Gasteiger partial charge >= 0.3 is 0 Å². The molecule has 0 atom stereocenters. The molecule has 6 heteroatoms. The Hall–Kier alpha value is -2.42. The van der Waals surface area contributed by atoms with Crippen molar-refractivity contribution in [3.8, 4) is 11.5 Å². The van der Waals surface area contributed by atoms with Crippen LogP contribution < -0.4 is 9.47 Å². The molecule has 0 saturated heterocycles. The van der Waals surface area contributed by atoms with Crippen LogP contribution in [0.4, 0.5) is 11.4 Å². The number of isocyanates is 2. The zero-order chi connectivity index (χ0) is 12.0. The normalized spacial score (nSPS) is 8.62. The average Bonchev–Trinajstić information content (AvgIpc) is 2.30. The van der Waals surface area contributed by atoms with E-state index in [4.69, 9.17) is 9.47 Å². The first-order valence-electron chi connectivity index (χ1n) is 4.19. The van der Waals surface area contributed by atoms with Crippen molar-refractivity contribution < 1.29 is 19.1 Å². The van der Waals surface area contributed by atoms with Crippen molar-refractivity contribution in [2.45, 2.75) is 0 Å². The van der Waals surface area contributed by atoms with Gasteiger partial charge in [0.25, 0.3) is 0 Å². The first-order valence-corrected chi connectivity index (χ1v) is 4.19. The molecule has 0 aliphatic carbocycles. The van der Waals surface area contributed by atoms with E-state index in [-0.39, 0.29) is 17.1 Å². The van der Waals surface area contributed by atoms with Crippen molar-refractivity contribution in [2.75, 3.05) is 14.2 Å². The minimum absolute atomic E-state index is 0.136. The molecular formula is C10H8N2O4. The second-order valence-corrected chi connectivity index (χ2v) is 2.57. The summed E-state index contributed by atoms with van der Waals surface area (Å²) in [5, 5.41) is 0. The molecule has 0 bridgehead atoms. The van der Waals surface area contributed by atoms with E-state index in [1.54, 1.807) is 0 Å². The summed E-state index contributed by atoms with van der Waals surface area (Å²) in [5.74, 6) is 0.482. The van der Waals surface area contributed by atoms with E-state index in [1.165, 1.54) is 38.5 Å². The molecule has 0 spiro atoms. The molecule has 0 radical (unpaired) electrons. The molecule has 0 aliphatic heterocycles. The molecule has 0 aromatic heterocycles. The molecule has 1 aromatic carbocycles. The standard InChI is InChI=1S/C10H8N2O4/c1-15-8-4-3-7(11-5-13)10(16-2)9(8)12-6-14/h3-4H,1-2H3. The van der Waals surface area contributed by atoms with E-state index in [2.05, 4.69) is 9.98 Å². The molecule has 0 fully saturated rings. The van der Waals surface area contributed by atoms with Gasteiger partial charge in [-0.2, -0.15) is 9.98 Å². The van der Waals surface area contributed by atoms with E-state index >= 15 is 0 Å². The Balaban J connectivity index is 3.54. The van der Waals surface area contributed by atoms with Gasteiger partial charge in [-0.3, -0.25) is 0 Å². The van der Waals surface area contributed by atoms with E-state index in [9.17, 15) is 9.59 Å². The summed E-state index contributed by atoms with van der Waals surface area (Å²) in [7, 11) is 2.78. The number of methoxy groups -OCH3 is 2. The maximum Gasteiger partial charge on any atom is 0.240 e. The van der Waals surface area contributed by atoms with E-state index in [1.807, 2.05) is 0 Å². The summed E-state index contributed by atoms with van der Waals surface area (Å²) in [6.07, 6.45) is 2.76. The van der Waals surface area contributed by atoms with Gasteiger partial charge in [0.1, 0.15) is 11.4 Å². The topological polar surface area (TPSA) is 77.3 Å². The summed E-state index contributed by atoms with van der Waals surface area (Å²) in [6.45, 7) is 0. The molecule has 0 heterocycles. The Labute approximate surface area is 91.2 Å². The Bertz CT molecular complexity index is 486. The summed E-state index contributed by atoms with van der Waals surface area (Å²) in [5.41, 5.74) is 0.351. The summed E-state index contributed by atoms with van der Waals surface area (Å²) in [6, 6.07) is 3.00. The smallest absolute Gasteiger partial charge is 0.240 e. The van der Waals surface area contributed by atoms with Crippen LogP contribution in [0.3, 0.4) is 0 Å². The maximum absolute atomic E-state index is 10.3. The van der Waals surface area contributed by atoms with Crippen LogP contribution in [0, 0.1) is 0 Å². The molecular weight excluding hydrogens is 212 g/mol. The predicted octanol–water partition coefficient (Wildman–Crippen LogP) is 1.64.